The van der Waals surface area contributed by atoms with E-state index in [0.29, 0.717) is 30.4 Å². The zero-order valence-electron chi connectivity index (χ0n) is 21.3. The summed E-state index contributed by atoms with van der Waals surface area (Å²) < 4.78 is 29.4. The molecular formula is C27H31N5O3S2. The fraction of sp³-hybridized carbons (Fsp3) is 0.370. The Morgan fingerprint density at radius 2 is 1.76 bits per heavy atom. The molecule has 2 aromatic heterocycles. The number of carbonyl (C=O) groups is 1. The lowest BCUT2D eigenvalue weighted by atomic mass is 10.1. The van der Waals surface area contributed by atoms with Crippen molar-refractivity contribution in [2.45, 2.75) is 61.8 Å². The highest BCUT2D eigenvalue weighted by Gasteiger charge is 2.26. The molecule has 37 heavy (non-hydrogen) atoms. The second-order valence-electron chi connectivity index (χ2n) is 9.47. The number of hydrogen-bond acceptors (Lipinski definition) is 6. The molecule has 5 rings (SSSR count). The van der Waals surface area contributed by atoms with Gasteiger partial charge in [-0.1, -0.05) is 43.3 Å². The Balaban J connectivity index is 1.35. The summed E-state index contributed by atoms with van der Waals surface area (Å²) in [6.07, 6.45) is 3.43. The topological polar surface area (TPSA) is 96.7 Å². The zero-order valence-corrected chi connectivity index (χ0v) is 22.9. The quantitative estimate of drug-likeness (QED) is 0.326. The molecule has 3 heterocycles. The fourth-order valence-corrected chi connectivity index (χ4v) is 7.33. The summed E-state index contributed by atoms with van der Waals surface area (Å²) >= 11 is 1.38. The highest BCUT2D eigenvalue weighted by Crippen LogP contribution is 2.31. The third-order valence-corrected chi connectivity index (χ3v) is 10.1. The number of para-hydroxylation sites is 1. The average Bonchev–Trinajstić information content (AvgIpc) is 3.30. The minimum Gasteiger partial charge on any atom is -0.325 e. The van der Waals surface area contributed by atoms with Crippen molar-refractivity contribution in [3.05, 3.63) is 59.7 Å². The molecule has 0 radical (unpaired) electrons. The number of hydrogen-bond donors (Lipinski definition) is 1. The number of nitrogens with one attached hydrogen (secondary N) is 1. The molecule has 4 aromatic rings. The van der Waals surface area contributed by atoms with Gasteiger partial charge in [-0.05, 0) is 74.6 Å². The first-order valence-electron chi connectivity index (χ1n) is 12.6. The van der Waals surface area contributed by atoms with Crippen LogP contribution in [0.5, 0.6) is 0 Å². The molecule has 10 heteroatoms. The van der Waals surface area contributed by atoms with Crippen LogP contribution in [0.25, 0.3) is 16.6 Å². The molecule has 1 N–H and O–H groups in total. The summed E-state index contributed by atoms with van der Waals surface area (Å²) in [4.78, 5) is 13.5. The first-order valence-corrected chi connectivity index (χ1v) is 14.9. The second kappa shape index (κ2) is 10.4. The number of nitrogens with zero attached hydrogens (tertiary/aromatic N) is 4. The lowest BCUT2D eigenvalue weighted by molar-refractivity contribution is -0.115. The predicted molar refractivity (Wildman–Crippen MR) is 148 cm³/mol. The van der Waals surface area contributed by atoms with Crippen LogP contribution in [0.4, 0.5) is 5.69 Å². The van der Waals surface area contributed by atoms with Crippen LogP contribution in [0, 0.1) is 13.8 Å². The van der Waals surface area contributed by atoms with Crippen LogP contribution in [0.1, 0.15) is 43.7 Å². The third-order valence-electron chi connectivity index (χ3n) is 6.88. The molecule has 0 bridgehead atoms. The SMILES string of the molecule is CCC(Sc1nnc2cc(C)c3cccc(C)c3n12)C(=O)Nc1ccc(S(=O)(=O)N2CCCCC2)cc1. The molecule has 1 saturated heterocycles. The van der Waals surface area contributed by atoms with E-state index in [1.54, 1.807) is 28.6 Å². The smallest absolute Gasteiger partial charge is 0.243 e. The molecule has 2 aromatic carbocycles. The summed E-state index contributed by atoms with van der Waals surface area (Å²) in [5, 5.41) is 13.1. The molecule has 1 aliphatic rings. The standard InChI is InChI=1S/C27H31N5O3S2/c1-4-23(36-27-30-29-24-17-19(3)22-10-8-9-18(2)25(22)32(24)27)26(33)28-20-11-13-21(14-12-20)37(34,35)31-15-6-5-7-16-31/h8-14,17,23H,4-7,15-16H2,1-3H3,(H,28,33). The van der Waals surface area contributed by atoms with Gasteiger partial charge in [-0.25, -0.2) is 8.42 Å². The van der Waals surface area contributed by atoms with E-state index in [2.05, 4.69) is 41.5 Å². The van der Waals surface area contributed by atoms with Gasteiger partial charge in [-0.3, -0.25) is 9.20 Å². The molecule has 1 fully saturated rings. The van der Waals surface area contributed by atoms with Crippen molar-refractivity contribution < 1.29 is 13.2 Å². The summed E-state index contributed by atoms with van der Waals surface area (Å²) in [7, 11) is -3.51. The van der Waals surface area contributed by atoms with Crippen LogP contribution < -0.4 is 5.32 Å². The van der Waals surface area contributed by atoms with Gasteiger partial charge in [-0.2, -0.15) is 4.31 Å². The van der Waals surface area contributed by atoms with Crippen LogP contribution in [-0.2, 0) is 14.8 Å². The highest BCUT2D eigenvalue weighted by molar-refractivity contribution is 8.00. The highest BCUT2D eigenvalue weighted by atomic mass is 32.2. The molecule has 1 aliphatic heterocycles. The predicted octanol–water partition coefficient (Wildman–Crippen LogP) is 5.18. The largest absolute Gasteiger partial charge is 0.325 e. The van der Waals surface area contributed by atoms with Gasteiger partial charge in [0, 0.05) is 24.2 Å². The number of benzene rings is 2. The number of fused-ring (bicyclic) bond motifs is 3. The van der Waals surface area contributed by atoms with Crippen molar-refractivity contribution in [2.75, 3.05) is 18.4 Å². The number of anilines is 1. The van der Waals surface area contributed by atoms with Crippen molar-refractivity contribution in [1.82, 2.24) is 18.9 Å². The monoisotopic (exact) mass is 537 g/mol. The second-order valence-corrected chi connectivity index (χ2v) is 12.6. The number of piperidine rings is 1. The van der Waals surface area contributed by atoms with Crippen molar-refractivity contribution in [3.63, 3.8) is 0 Å². The van der Waals surface area contributed by atoms with Crippen LogP contribution in [-0.4, -0.2) is 51.6 Å². The van der Waals surface area contributed by atoms with Crippen LogP contribution in [0.3, 0.4) is 0 Å². The fourth-order valence-electron chi connectivity index (χ4n) is 4.84. The molecule has 1 amide bonds. The summed E-state index contributed by atoms with van der Waals surface area (Å²) in [6, 6.07) is 14.6. The van der Waals surface area contributed by atoms with Gasteiger partial charge < -0.3 is 5.32 Å². The van der Waals surface area contributed by atoms with E-state index in [1.165, 1.54) is 11.8 Å². The van der Waals surface area contributed by atoms with Gasteiger partial charge in [0.05, 0.1) is 15.7 Å². The molecule has 1 unspecified atom stereocenters. The summed E-state index contributed by atoms with van der Waals surface area (Å²) in [5.41, 5.74) is 4.61. The van der Waals surface area contributed by atoms with Gasteiger partial charge in [0.1, 0.15) is 0 Å². The van der Waals surface area contributed by atoms with Crippen molar-refractivity contribution >= 4 is 49.9 Å². The van der Waals surface area contributed by atoms with Crippen molar-refractivity contribution in [1.29, 1.82) is 0 Å². The van der Waals surface area contributed by atoms with Gasteiger partial charge in [0.25, 0.3) is 0 Å². The van der Waals surface area contributed by atoms with Gasteiger partial charge >= 0.3 is 0 Å². The Kier molecular flexibility index (Phi) is 7.24. The number of aryl methyl sites for hydroxylation is 2. The first-order chi connectivity index (χ1) is 17.8. The Morgan fingerprint density at radius 3 is 2.46 bits per heavy atom. The lowest BCUT2D eigenvalue weighted by Crippen LogP contribution is -2.35. The Bertz CT molecular complexity index is 1560. The summed E-state index contributed by atoms with van der Waals surface area (Å²) in [5.74, 6) is -0.163. The van der Waals surface area contributed by atoms with E-state index < -0.39 is 15.3 Å². The molecule has 194 valence electrons. The number of pyridine rings is 1. The minimum atomic E-state index is -3.51. The number of rotatable bonds is 7. The molecule has 0 spiro atoms. The van der Waals surface area contributed by atoms with Gasteiger partial charge in [0.2, 0.25) is 15.9 Å². The maximum Gasteiger partial charge on any atom is 0.243 e. The minimum absolute atomic E-state index is 0.163. The first kappa shape index (κ1) is 25.7. The summed E-state index contributed by atoms with van der Waals surface area (Å²) in [6.45, 7) is 7.20. The molecule has 8 nitrogen and oxygen atoms in total. The van der Waals surface area contributed by atoms with E-state index in [9.17, 15) is 13.2 Å². The van der Waals surface area contributed by atoms with E-state index >= 15 is 0 Å². The molecule has 0 saturated carbocycles. The number of sulfonamides is 1. The van der Waals surface area contributed by atoms with E-state index in [4.69, 9.17) is 0 Å². The number of carbonyl (C=O) groups excluding carboxylic acids is 1. The van der Waals surface area contributed by atoms with Crippen molar-refractivity contribution in [3.8, 4) is 0 Å². The Labute approximate surface area is 221 Å². The third kappa shape index (κ3) is 4.97. The molecule has 1 atom stereocenters. The normalized spacial score (nSPS) is 15.8. The maximum atomic E-state index is 13.2. The van der Waals surface area contributed by atoms with Crippen LogP contribution in [0.15, 0.2) is 58.6 Å². The number of aromatic nitrogens is 3. The van der Waals surface area contributed by atoms with Crippen molar-refractivity contribution in [2.24, 2.45) is 0 Å². The van der Waals surface area contributed by atoms with Crippen LogP contribution in [0.2, 0.25) is 0 Å². The van der Waals surface area contributed by atoms with Gasteiger partial charge in [-0.15, -0.1) is 10.2 Å². The maximum absolute atomic E-state index is 13.2. The average molecular weight is 538 g/mol. The molecule has 0 aliphatic carbocycles. The zero-order chi connectivity index (χ0) is 26.2. The van der Waals surface area contributed by atoms with Gasteiger partial charge in [0.15, 0.2) is 10.8 Å². The molecular weight excluding hydrogens is 506 g/mol. The Morgan fingerprint density at radius 1 is 1.03 bits per heavy atom. The van der Waals surface area contributed by atoms with E-state index in [1.807, 2.05) is 23.5 Å². The van der Waals surface area contributed by atoms with Crippen LogP contribution >= 0.6 is 11.8 Å². The Hall–Kier alpha value is -2.95. The number of amides is 1. The number of thioether (sulfide) groups is 1. The lowest BCUT2D eigenvalue weighted by Gasteiger charge is -2.25. The van der Waals surface area contributed by atoms with E-state index in [-0.39, 0.29) is 10.8 Å². The van der Waals surface area contributed by atoms with E-state index in [0.717, 1.165) is 46.9 Å².